The summed E-state index contributed by atoms with van der Waals surface area (Å²) < 4.78 is 12.1. The Morgan fingerprint density at radius 2 is 1.84 bits per heavy atom. The maximum absolute atomic E-state index is 11.6. The number of benzene rings is 2. The normalized spacial score (nSPS) is 12.4. The van der Waals surface area contributed by atoms with E-state index in [0.29, 0.717) is 32.0 Å². The SMILES string of the molecule is CC.CCC(CC)NCc1c(-c2c(Cl)cccc2Cl)noc1C1CC1.CCN(C)c1nc2cc(Br)c(C(=O)OC)cc2s1. The summed E-state index contributed by atoms with van der Waals surface area (Å²) in [6.45, 7) is 12.1. The third kappa shape index (κ3) is 8.72. The quantitative estimate of drug-likeness (QED) is 0.164. The molecule has 43 heavy (non-hydrogen) atoms. The van der Waals surface area contributed by atoms with Gasteiger partial charge in [0, 0.05) is 47.7 Å². The van der Waals surface area contributed by atoms with E-state index in [4.69, 9.17) is 32.5 Å². The highest BCUT2D eigenvalue weighted by Crippen LogP contribution is 2.45. The second kappa shape index (κ2) is 16.8. The van der Waals surface area contributed by atoms with Crippen molar-refractivity contribution in [2.75, 3.05) is 25.6 Å². The van der Waals surface area contributed by atoms with Gasteiger partial charge in [-0.2, -0.15) is 0 Å². The Labute approximate surface area is 277 Å². The van der Waals surface area contributed by atoms with E-state index >= 15 is 0 Å². The summed E-state index contributed by atoms with van der Waals surface area (Å²) in [6, 6.07) is 9.68. The van der Waals surface area contributed by atoms with Gasteiger partial charge in [0.15, 0.2) is 5.13 Å². The van der Waals surface area contributed by atoms with E-state index < -0.39 is 0 Å². The lowest BCUT2D eigenvalue weighted by Crippen LogP contribution is -2.27. The second-order valence-corrected chi connectivity index (χ2v) is 12.6. The Morgan fingerprint density at radius 1 is 1.19 bits per heavy atom. The smallest absolute Gasteiger partial charge is 0.339 e. The van der Waals surface area contributed by atoms with Gasteiger partial charge in [0.05, 0.1) is 32.9 Å². The maximum atomic E-state index is 11.6. The lowest BCUT2D eigenvalue weighted by molar-refractivity contribution is 0.0600. The summed E-state index contributed by atoms with van der Waals surface area (Å²) >= 11 is 17.7. The fourth-order valence-corrected chi connectivity index (χ4v) is 6.49. The third-order valence-corrected chi connectivity index (χ3v) is 9.61. The molecule has 2 aromatic heterocycles. The first-order valence-electron chi connectivity index (χ1n) is 14.8. The van der Waals surface area contributed by atoms with Crippen LogP contribution in [-0.4, -0.2) is 42.9 Å². The van der Waals surface area contributed by atoms with Crippen LogP contribution in [0.4, 0.5) is 5.13 Å². The predicted octanol–water partition coefficient (Wildman–Crippen LogP) is 10.1. The van der Waals surface area contributed by atoms with Crippen LogP contribution in [-0.2, 0) is 11.3 Å². The standard InChI is InChI=1S/C18H22Cl2N2O.C12H13BrN2O2S.C2H6/c1-3-12(4-2)21-10-13-17(22-23-18(13)11-8-9-11)16-14(19)6-5-7-15(16)20;1-4-15(2)12-14-9-6-8(13)7(11(16)17-3)5-10(9)18-12;1-2/h5-7,11-12,21H,3-4,8-10H2,1-2H3;5-6H,4H2,1-3H3;1-2H3. The number of hydrogen-bond donors (Lipinski definition) is 1. The second-order valence-electron chi connectivity index (χ2n) is 9.94. The molecule has 1 fully saturated rings. The molecule has 0 atom stereocenters. The van der Waals surface area contributed by atoms with Gasteiger partial charge in [0.25, 0.3) is 0 Å². The van der Waals surface area contributed by atoms with E-state index in [2.05, 4.69) is 57.1 Å². The topological polar surface area (TPSA) is 80.5 Å². The van der Waals surface area contributed by atoms with Gasteiger partial charge >= 0.3 is 5.97 Å². The molecule has 0 spiro atoms. The van der Waals surface area contributed by atoms with E-state index in [1.807, 2.05) is 51.2 Å². The number of anilines is 1. The molecular weight excluding hydrogens is 671 g/mol. The summed E-state index contributed by atoms with van der Waals surface area (Å²) in [6.07, 6.45) is 4.54. The monoisotopic (exact) mass is 710 g/mol. The fourth-order valence-electron chi connectivity index (χ4n) is 4.40. The molecule has 0 amide bonds. The Hall–Kier alpha value is -2.17. The molecule has 1 aliphatic rings. The molecule has 2 aromatic carbocycles. The fraction of sp³-hybridized carbons (Fsp3) is 0.469. The molecule has 0 unspecified atom stereocenters. The van der Waals surface area contributed by atoms with Crippen LogP contribution >= 0.6 is 50.5 Å². The molecule has 2 heterocycles. The van der Waals surface area contributed by atoms with Crippen molar-refractivity contribution in [3.8, 4) is 11.3 Å². The van der Waals surface area contributed by atoms with Crippen molar-refractivity contribution in [2.45, 2.75) is 78.8 Å². The van der Waals surface area contributed by atoms with Crippen LogP contribution in [0.1, 0.15) is 87.9 Å². The number of esters is 1. The van der Waals surface area contributed by atoms with Crippen molar-refractivity contribution in [1.29, 1.82) is 0 Å². The van der Waals surface area contributed by atoms with Crippen molar-refractivity contribution in [2.24, 2.45) is 0 Å². The van der Waals surface area contributed by atoms with Crippen molar-refractivity contribution >= 4 is 71.8 Å². The number of halogens is 3. The van der Waals surface area contributed by atoms with E-state index in [9.17, 15) is 4.79 Å². The average Bonchev–Trinajstić information content (AvgIpc) is 3.65. The van der Waals surface area contributed by atoms with Crippen LogP contribution in [0.25, 0.3) is 21.5 Å². The molecule has 1 N–H and O–H groups in total. The van der Waals surface area contributed by atoms with Crippen molar-refractivity contribution in [1.82, 2.24) is 15.5 Å². The zero-order valence-electron chi connectivity index (χ0n) is 25.9. The number of carbonyl (C=O) groups is 1. The highest BCUT2D eigenvalue weighted by molar-refractivity contribution is 9.10. The van der Waals surface area contributed by atoms with Crippen LogP contribution in [0.3, 0.4) is 0 Å². The van der Waals surface area contributed by atoms with Crippen LogP contribution < -0.4 is 10.2 Å². The number of rotatable bonds is 10. The molecule has 234 valence electrons. The molecule has 1 saturated carbocycles. The van der Waals surface area contributed by atoms with E-state index in [1.54, 1.807) is 11.3 Å². The van der Waals surface area contributed by atoms with Crippen LogP contribution in [0, 0.1) is 0 Å². The van der Waals surface area contributed by atoms with Gasteiger partial charge in [-0.25, -0.2) is 9.78 Å². The van der Waals surface area contributed by atoms with Crippen molar-refractivity contribution < 1.29 is 14.1 Å². The van der Waals surface area contributed by atoms with Gasteiger partial charge in [0.2, 0.25) is 0 Å². The largest absolute Gasteiger partial charge is 0.465 e. The minimum atomic E-state index is -0.345. The number of fused-ring (bicyclic) bond motifs is 1. The van der Waals surface area contributed by atoms with Crippen LogP contribution in [0.5, 0.6) is 0 Å². The highest BCUT2D eigenvalue weighted by Gasteiger charge is 2.33. The Kier molecular flexibility index (Phi) is 13.8. The number of carbonyl (C=O) groups excluding carboxylic acids is 1. The van der Waals surface area contributed by atoms with Gasteiger partial charge in [-0.15, -0.1) is 0 Å². The predicted molar refractivity (Wildman–Crippen MR) is 184 cm³/mol. The Morgan fingerprint density at radius 3 is 2.40 bits per heavy atom. The lowest BCUT2D eigenvalue weighted by Gasteiger charge is -2.15. The highest BCUT2D eigenvalue weighted by atomic mass is 79.9. The summed E-state index contributed by atoms with van der Waals surface area (Å²) in [7, 11) is 3.37. The molecular formula is C32H41BrCl2N4O3S. The number of nitrogens with one attached hydrogen (secondary N) is 1. The average molecular weight is 713 g/mol. The number of nitrogens with zero attached hydrogens (tertiary/aromatic N) is 3. The molecule has 0 bridgehead atoms. The zero-order valence-corrected chi connectivity index (χ0v) is 29.8. The number of methoxy groups -OCH3 is 1. The van der Waals surface area contributed by atoms with Crippen LogP contribution in [0.2, 0.25) is 10.0 Å². The molecule has 7 nitrogen and oxygen atoms in total. The van der Waals surface area contributed by atoms with Crippen molar-refractivity contribution in [3.05, 3.63) is 61.7 Å². The van der Waals surface area contributed by atoms with Gasteiger partial charge < -0.3 is 19.5 Å². The number of aromatic nitrogens is 2. The molecule has 0 radical (unpaired) electrons. The van der Waals surface area contributed by atoms with E-state index in [1.165, 1.54) is 20.0 Å². The first-order valence-corrected chi connectivity index (χ1v) is 17.1. The molecule has 4 aromatic rings. The number of ether oxygens (including phenoxy) is 1. The Balaban J connectivity index is 0.000000229. The van der Waals surface area contributed by atoms with E-state index in [0.717, 1.165) is 63.9 Å². The van der Waals surface area contributed by atoms with Gasteiger partial charge in [0.1, 0.15) is 11.5 Å². The molecule has 1 aliphatic carbocycles. The lowest BCUT2D eigenvalue weighted by atomic mass is 10.0. The van der Waals surface area contributed by atoms with Gasteiger partial charge in [-0.1, -0.05) is 73.5 Å². The number of thiazole rings is 1. The van der Waals surface area contributed by atoms with Crippen LogP contribution in [0.15, 0.2) is 39.3 Å². The van der Waals surface area contributed by atoms with E-state index in [-0.39, 0.29) is 5.97 Å². The first-order chi connectivity index (χ1) is 20.7. The molecule has 5 rings (SSSR count). The summed E-state index contributed by atoms with van der Waals surface area (Å²) in [5.41, 5.74) is 4.07. The molecule has 0 aliphatic heterocycles. The molecule has 0 saturated heterocycles. The van der Waals surface area contributed by atoms with Gasteiger partial charge in [-0.3, -0.25) is 0 Å². The summed E-state index contributed by atoms with van der Waals surface area (Å²) in [4.78, 5) is 18.2. The minimum absolute atomic E-state index is 0.345. The zero-order chi connectivity index (χ0) is 31.7. The molecule has 11 heteroatoms. The number of hydrogen-bond acceptors (Lipinski definition) is 8. The third-order valence-electron chi connectivity index (χ3n) is 7.19. The first kappa shape index (κ1) is 35.3. The summed E-state index contributed by atoms with van der Waals surface area (Å²) in [5.74, 6) is 1.15. The summed E-state index contributed by atoms with van der Waals surface area (Å²) in [5, 5.41) is 10.1. The Bertz CT molecular complexity index is 1480. The minimum Gasteiger partial charge on any atom is -0.465 e. The van der Waals surface area contributed by atoms with Gasteiger partial charge in [-0.05, 0) is 72.8 Å². The maximum Gasteiger partial charge on any atom is 0.339 e. The van der Waals surface area contributed by atoms with Crippen molar-refractivity contribution in [3.63, 3.8) is 0 Å².